The van der Waals surface area contributed by atoms with Gasteiger partial charge in [0.2, 0.25) is 5.89 Å². The first-order valence-corrected chi connectivity index (χ1v) is 10.4. The number of ether oxygens (including phenoxy) is 1. The molecule has 2 unspecified atom stereocenters. The summed E-state index contributed by atoms with van der Waals surface area (Å²) < 4.78 is 10.7. The Balaban J connectivity index is 1.53. The van der Waals surface area contributed by atoms with Crippen LogP contribution in [0.25, 0.3) is 10.9 Å². The molecular weight excluding hydrogens is 424 g/mol. The maximum atomic E-state index is 13.0. The number of esters is 1. The lowest BCUT2D eigenvalue weighted by Crippen LogP contribution is -2.43. The van der Waals surface area contributed by atoms with Gasteiger partial charge in [0.15, 0.2) is 5.69 Å². The minimum absolute atomic E-state index is 0.0301. The number of aromatic nitrogens is 2. The molecule has 2 heterocycles. The smallest absolute Gasteiger partial charge is 0.329 e. The predicted octanol–water partition coefficient (Wildman–Crippen LogP) is 2.23. The van der Waals surface area contributed by atoms with E-state index in [-0.39, 0.29) is 31.2 Å². The fraction of sp³-hybridized carbons (Fsp3) is 0.208. The zero-order chi connectivity index (χ0) is 23.2. The molecule has 4 rings (SSSR count). The molecule has 0 aliphatic carbocycles. The van der Waals surface area contributed by atoms with Crippen LogP contribution in [0.15, 0.2) is 71.5 Å². The summed E-state index contributed by atoms with van der Waals surface area (Å²) in [4.78, 5) is 32.9. The molecule has 0 saturated heterocycles. The monoisotopic (exact) mass is 448 g/mol. The number of nitrogens with zero attached hydrogens (tertiary/aromatic N) is 1. The molecule has 0 aliphatic rings. The maximum Gasteiger partial charge on any atom is 0.329 e. The summed E-state index contributed by atoms with van der Waals surface area (Å²) in [5, 5.41) is 12.8. The van der Waals surface area contributed by atoms with Crippen molar-refractivity contribution in [2.45, 2.75) is 25.1 Å². The first-order valence-electron chi connectivity index (χ1n) is 10.4. The SMILES string of the molecule is NC(CO)c1nc(C(=O)NC(Cc2c[nH]c3ccccc23)C(=O)OCc2ccccc2)co1. The van der Waals surface area contributed by atoms with Crippen LogP contribution < -0.4 is 11.1 Å². The second-order valence-electron chi connectivity index (χ2n) is 7.54. The lowest BCUT2D eigenvalue weighted by Gasteiger charge is -2.17. The van der Waals surface area contributed by atoms with Crippen LogP contribution in [0.5, 0.6) is 0 Å². The Morgan fingerprint density at radius 1 is 1.15 bits per heavy atom. The Kier molecular flexibility index (Phi) is 6.82. The third kappa shape index (κ3) is 5.28. The number of aliphatic hydroxyl groups excluding tert-OH is 1. The Labute approximate surface area is 189 Å². The van der Waals surface area contributed by atoms with Gasteiger partial charge in [-0.15, -0.1) is 0 Å². The molecule has 0 saturated carbocycles. The van der Waals surface area contributed by atoms with Gasteiger partial charge in [-0.2, -0.15) is 0 Å². The zero-order valence-electron chi connectivity index (χ0n) is 17.7. The number of aromatic amines is 1. The van der Waals surface area contributed by atoms with E-state index in [1.54, 1.807) is 0 Å². The molecule has 4 aromatic rings. The number of aliphatic hydroxyl groups is 1. The minimum atomic E-state index is -0.966. The van der Waals surface area contributed by atoms with Crippen molar-refractivity contribution in [1.29, 1.82) is 0 Å². The minimum Gasteiger partial charge on any atom is -0.459 e. The first-order chi connectivity index (χ1) is 16.0. The van der Waals surface area contributed by atoms with Gasteiger partial charge in [-0.05, 0) is 17.2 Å². The number of benzene rings is 2. The fourth-order valence-electron chi connectivity index (χ4n) is 3.42. The van der Waals surface area contributed by atoms with E-state index in [1.807, 2.05) is 60.8 Å². The molecule has 170 valence electrons. The standard InChI is InChI=1S/C24H24N4O5/c25-18(12-29)23-28-21(14-32-23)22(30)27-20(24(31)33-13-15-6-2-1-3-7-15)10-16-11-26-19-9-5-4-8-17(16)19/h1-9,11,14,18,20,26,29H,10,12-13,25H2,(H,27,30). The second kappa shape index (κ2) is 10.1. The molecule has 5 N–H and O–H groups in total. The summed E-state index contributed by atoms with van der Waals surface area (Å²) >= 11 is 0. The number of hydrogen-bond acceptors (Lipinski definition) is 7. The molecule has 1 amide bonds. The number of para-hydroxylation sites is 1. The van der Waals surface area contributed by atoms with Crippen molar-refractivity contribution in [2.24, 2.45) is 5.73 Å². The van der Waals surface area contributed by atoms with Gasteiger partial charge in [-0.3, -0.25) is 4.79 Å². The van der Waals surface area contributed by atoms with Crippen molar-refractivity contribution >= 4 is 22.8 Å². The van der Waals surface area contributed by atoms with Gasteiger partial charge in [0.1, 0.15) is 25.0 Å². The van der Waals surface area contributed by atoms with Gasteiger partial charge >= 0.3 is 5.97 Å². The normalized spacial score (nSPS) is 12.9. The number of rotatable bonds is 9. The molecule has 2 aromatic heterocycles. The van der Waals surface area contributed by atoms with Crippen LogP contribution in [0.3, 0.4) is 0 Å². The quantitative estimate of drug-likeness (QED) is 0.288. The average Bonchev–Trinajstić information content (AvgIpc) is 3.50. The van der Waals surface area contributed by atoms with Crippen molar-refractivity contribution in [1.82, 2.24) is 15.3 Å². The second-order valence-corrected chi connectivity index (χ2v) is 7.54. The van der Waals surface area contributed by atoms with Crippen LogP contribution in [0.1, 0.15) is 33.5 Å². The van der Waals surface area contributed by atoms with E-state index in [0.717, 1.165) is 28.3 Å². The predicted molar refractivity (Wildman–Crippen MR) is 120 cm³/mol. The molecule has 2 atom stereocenters. The number of amides is 1. The van der Waals surface area contributed by atoms with E-state index in [4.69, 9.17) is 20.0 Å². The van der Waals surface area contributed by atoms with Gasteiger partial charge in [-0.25, -0.2) is 9.78 Å². The van der Waals surface area contributed by atoms with Crippen LogP contribution in [0.2, 0.25) is 0 Å². The number of fused-ring (bicyclic) bond motifs is 1. The summed E-state index contributed by atoms with van der Waals surface area (Å²) in [5.74, 6) is -1.16. The lowest BCUT2D eigenvalue weighted by molar-refractivity contribution is -0.147. The molecule has 0 bridgehead atoms. The van der Waals surface area contributed by atoms with E-state index >= 15 is 0 Å². The number of nitrogens with one attached hydrogen (secondary N) is 2. The molecule has 0 radical (unpaired) electrons. The molecule has 33 heavy (non-hydrogen) atoms. The highest BCUT2D eigenvalue weighted by Gasteiger charge is 2.26. The Morgan fingerprint density at radius 3 is 2.70 bits per heavy atom. The number of carbonyl (C=O) groups excluding carboxylic acids is 2. The van der Waals surface area contributed by atoms with Gasteiger partial charge in [0, 0.05) is 23.5 Å². The van der Waals surface area contributed by atoms with Crippen LogP contribution in [0.4, 0.5) is 0 Å². The van der Waals surface area contributed by atoms with E-state index in [0.29, 0.717) is 0 Å². The summed E-state index contributed by atoms with van der Waals surface area (Å²) in [6.45, 7) is -0.296. The summed E-state index contributed by atoms with van der Waals surface area (Å²) in [7, 11) is 0. The zero-order valence-corrected chi connectivity index (χ0v) is 17.7. The van der Waals surface area contributed by atoms with Crippen molar-refractivity contribution < 1.29 is 23.8 Å². The highest BCUT2D eigenvalue weighted by Crippen LogP contribution is 2.20. The fourth-order valence-corrected chi connectivity index (χ4v) is 3.42. The highest BCUT2D eigenvalue weighted by molar-refractivity contribution is 5.95. The summed E-state index contributed by atoms with van der Waals surface area (Å²) in [6.07, 6.45) is 3.16. The van der Waals surface area contributed by atoms with E-state index in [1.165, 1.54) is 0 Å². The van der Waals surface area contributed by atoms with Crippen LogP contribution in [-0.2, 0) is 22.6 Å². The number of H-pyrrole nitrogens is 1. The van der Waals surface area contributed by atoms with Crippen molar-refractivity contribution in [3.63, 3.8) is 0 Å². The molecule has 0 aliphatic heterocycles. The Morgan fingerprint density at radius 2 is 1.91 bits per heavy atom. The summed E-state index contributed by atoms with van der Waals surface area (Å²) in [5.41, 5.74) is 8.25. The van der Waals surface area contributed by atoms with Gasteiger partial charge < -0.3 is 30.3 Å². The van der Waals surface area contributed by atoms with E-state index in [2.05, 4.69) is 15.3 Å². The lowest BCUT2D eigenvalue weighted by atomic mass is 10.0. The molecular formula is C24H24N4O5. The van der Waals surface area contributed by atoms with Gasteiger partial charge in [-0.1, -0.05) is 48.5 Å². The number of hydrogen-bond donors (Lipinski definition) is 4. The molecule has 9 nitrogen and oxygen atoms in total. The number of nitrogens with two attached hydrogens (primary N) is 1. The largest absolute Gasteiger partial charge is 0.459 e. The third-order valence-corrected chi connectivity index (χ3v) is 5.18. The molecule has 9 heteroatoms. The van der Waals surface area contributed by atoms with Crippen LogP contribution in [-0.4, -0.2) is 39.6 Å². The average molecular weight is 448 g/mol. The molecule has 2 aromatic carbocycles. The molecule has 0 spiro atoms. The number of oxazole rings is 1. The maximum absolute atomic E-state index is 13.0. The van der Waals surface area contributed by atoms with Crippen LogP contribution in [0, 0.1) is 0 Å². The van der Waals surface area contributed by atoms with Crippen LogP contribution >= 0.6 is 0 Å². The Bertz CT molecular complexity index is 1230. The van der Waals surface area contributed by atoms with E-state index < -0.39 is 24.0 Å². The van der Waals surface area contributed by atoms with Crippen molar-refractivity contribution in [2.75, 3.05) is 6.61 Å². The Hall–Kier alpha value is -3.95. The highest BCUT2D eigenvalue weighted by atomic mass is 16.5. The number of carbonyl (C=O) groups is 2. The first kappa shape index (κ1) is 22.3. The van der Waals surface area contributed by atoms with Crippen molar-refractivity contribution in [3.05, 3.63) is 89.8 Å². The van der Waals surface area contributed by atoms with E-state index in [9.17, 15) is 9.59 Å². The van der Waals surface area contributed by atoms with Gasteiger partial charge in [0.05, 0.1) is 6.61 Å². The topological polar surface area (TPSA) is 143 Å². The van der Waals surface area contributed by atoms with Gasteiger partial charge in [0.25, 0.3) is 5.91 Å². The third-order valence-electron chi connectivity index (χ3n) is 5.18. The molecule has 0 fully saturated rings. The van der Waals surface area contributed by atoms with Crippen molar-refractivity contribution in [3.8, 4) is 0 Å². The summed E-state index contributed by atoms with van der Waals surface area (Å²) in [6, 6.07) is 15.2.